The van der Waals surface area contributed by atoms with Crippen LogP contribution in [0.1, 0.15) is 17.6 Å². The molecule has 0 bridgehead atoms. The number of hydrogen-bond donors (Lipinski definition) is 1. The van der Waals surface area contributed by atoms with Gasteiger partial charge in [0.2, 0.25) is 0 Å². The van der Waals surface area contributed by atoms with Crippen molar-refractivity contribution < 1.29 is 4.52 Å². The maximum atomic E-state index is 5.38. The van der Waals surface area contributed by atoms with E-state index < -0.39 is 0 Å². The molecule has 0 aliphatic carbocycles. The maximum Gasteiger partial charge on any atom is 0.259 e. The SMILES string of the molecule is Cc1ncccc1-c1nc(C2CNCCN2C)no1.Cl. The molecule has 0 aromatic carbocycles. The van der Waals surface area contributed by atoms with Crippen LogP contribution in [-0.4, -0.2) is 46.7 Å². The van der Waals surface area contributed by atoms with E-state index in [1.54, 1.807) is 6.20 Å². The molecule has 1 saturated heterocycles. The van der Waals surface area contributed by atoms with Gasteiger partial charge < -0.3 is 9.84 Å². The van der Waals surface area contributed by atoms with Crippen LogP contribution in [-0.2, 0) is 0 Å². The number of rotatable bonds is 2. The van der Waals surface area contributed by atoms with Crippen LogP contribution in [0.2, 0.25) is 0 Å². The maximum absolute atomic E-state index is 5.38. The van der Waals surface area contributed by atoms with E-state index in [2.05, 4.69) is 32.4 Å². The minimum atomic E-state index is 0. The number of halogens is 1. The standard InChI is InChI=1S/C13H17N5O.ClH/c1-9-10(4-3-5-15-9)13-16-12(17-19-13)11-8-14-6-7-18(11)2;/h3-5,11,14H,6-8H2,1-2H3;1H. The Labute approximate surface area is 124 Å². The molecule has 20 heavy (non-hydrogen) atoms. The summed E-state index contributed by atoms with van der Waals surface area (Å²) in [7, 11) is 2.08. The third kappa shape index (κ3) is 2.82. The first-order chi connectivity index (χ1) is 9.25. The number of pyridine rings is 1. The van der Waals surface area contributed by atoms with Crippen LogP contribution in [0.4, 0.5) is 0 Å². The molecular weight excluding hydrogens is 278 g/mol. The largest absolute Gasteiger partial charge is 0.334 e. The Hall–Kier alpha value is -1.50. The van der Waals surface area contributed by atoms with Gasteiger partial charge in [0.25, 0.3) is 5.89 Å². The molecule has 1 aliphatic rings. The van der Waals surface area contributed by atoms with Crippen LogP contribution in [0, 0.1) is 6.92 Å². The Morgan fingerprint density at radius 3 is 3.05 bits per heavy atom. The van der Waals surface area contributed by atoms with E-state index in [1.165, 1.54) is 0 Å². The average molecular weight is 296 g/mol. The molecule has 6 nitrogen and oxygen atoms in total. The Bertz CT molecular complexity index is 573. The number of piperazine rings is 1. The average Bonchev–Trinajstić information content (AvgIpc) is 2.89. The zero-order valence-corrected chi connectivity index (χ0v) is 12.4. The lowest BCUT2D eigenvalue weighted by molar-refractivity contribution is 0.190. The molecular formula is C13H18ClN5O. The van der Waals surface area contributed by atoms with Crippen molar-refractivity contribution in [3.63, 3.8) is 0 Å². The number of nitrogens with zero attached hydrogens (tertiary/aromatic N) is 4. The number of aromatic nitrogens is 3. The van der Waals surface area contributed by atoms with Gasteiger partial charge in [0.15, 0.2) is 5.82 Å². The summed E-state index contributed by atoms with van der Waals surface area (Å²) in [5.74, 6) is 1.27. The molecule has 1 N–H and O–H groups in total. The molecule has 0 radical (unpaired) electrons. The number of aryl methyl sites for hydroxylation is 1. The van der Waals surface area contributed by atoms with E-state index in [0.29, 0.717) is 5.89 Å². The zero-order chi connectivity index (χ0) is 13.2. The highest BCUT2D eigenvalue weighted by Gasteiger charge is 2.25. The summed E-state index contributed by atoms with van der Waals surface area (Å²) in [6, 6.07) is 3.99. The first-order valence-corrected chi connectivity index (χ1v) is 6.42. The van der Waals surface area contributed by atoms with Gasteiger partial charge in [-0.25, -0.2) is 0 Å². The van der Waals surface area contributed by atoms with Crippen LogP contribution in [0.3, 0.4) is 0 Å². The van der Waals surface area contributed by atoms with Gasteiger partial charge in [0.1, 0.15) is 0 Å². The van der Waals surface area contributed by atoms with Crippen LogP contribution >= 0.6 is 12.4 Å². The molecule has 7 heteroatoms. The summed E-state index contributed by atoms with van der Waals surface area (Å²) in [5, 5.41) is 7.46. The quantitative estimate of drug-likeness (QED) is 0.904. The Balaban J connectivity index is 0.00000147. The van der Waals surface area contributed by atoms with Gasteiger partial charge in [-0.2, -0.15) is 4.98 Å². The van der Waals surface area contributed by atoms with Crippen molar-refractivity contribution in [2.75, 3.05) is 26.7 Å². The van der Waals surface area contributed by atoms with Gasteiger partial charge in [0, 0.05) is 31.5 Å². The molecule has 0 saturated carbocycles. The first kappa shape index (κ1) is 14.9. The molecule has 1 atom stereocenters. The zero-order valence-electron chi connectivity index (χ0n) is 11.5. The van der Waals surface area contributed by atoms with Crippen LogP contribution < -0.4 is 5.32 Å². The summed E-state index contributed by atoms with van der Waals surface area (Å²) in [5.41, 5.74) is 1.79. The number of likely N-dealkylation sites (N-methyl/N-ethyl adjacent to an activating group) is 1. The normalized spacial score (nSPS) is 19.6. The van der Waals surface area contributed by atoms with Crippen LogP contribution in [0.25, 0.3) is 11.5 Å². The van der Waals surface area contributed by atoms with Crippen molar-refractivity contribution in [3.8, 4) is 11.5 Å². The Morgan fingerprint density at radius 2 is 2.30 bits per heavy atom. The number of nitrogens with one attached hydrogen (secondary N) is 1. The van der Waals surface area contributed by atoms with Crippen molar-refractivity contribution in [2.45, 2.75) is 13.0 Å². The van der Waals surface area contributed by atoms with Crippen molar-refractivity contribution >= 4 is 12.4 Å². The summed E-state index contributed by atoms with van der Waals surface area (Å²) in [6.07, 6.45) is 1.76. The van der Waals surface area contributed by atoms with Crippen molar-refractivity contribution in [3.05, 3.63) is 29.8 Å². The smallest absolute Gasteiger partial charge is 0.259 e. The van der Waals surface area contributed by atoms with Gasteiger partial charge in [0.05, 0.1) is 11.6 Å². The highest BCUT2D eigenvalue weighted by atomic mass is 35.5. The van der Waals surface area contributed by atoms with Gasteiger partial charge in [-0.3, -0.25) is 9.88 Å². The molecule has 0 amide bonds. The molecule has 108 valence electrons. The monoisotopic (exact) mass is 295 g/mol. The lowest BCUT2D eigenvalue weighted by Crippen LogP contribution is -2.44. The second-order valence-corrected chi connectivity index (χ2v) is 4.79. The molecule has 2 aromatic rings. The van der Waals surface area contributed by atoms with Gasteiger partial charge in [-0.1, -0.05) is 5.16 Å². The van der Waals surface area contributed by atoms with E-state index in [9.17, 15) is 0 Å². The van der Waals surface area contributed by atoms with Crippen molar-refractivity contribution in [1.29, 1.82) is 0 Å². The van der Waals surface area contributed by atoms with Crippen LogP contribution in [0.5, 0.6) is 0 Å². The second kappa shape index (κ2) is 6.30. The fourth-order valence-electron chi connectivity index (χ4n) is 2.28. The van der Waals surface area contributed by atoms with E-state index in [4.69, 9.17) is 4.52 Å². The Morgan fingerprint density at radius 1 is 1.45 bits per heavy atom. The summed E-state index contributed by atoms with van der Waals surface area (Å²) >= 11 is 0. The topological polar surface area (TPSA) is 67.1 Å². The minimum absolute atomic E-state index is 0. The molecule has 1 unspecified atom stereocenters. The molecule has 0 spiro atoms. The molecule has 2 aromatic heterocycles. The predicted molar refractivity (Wildman–Crippen MR) is 77.8 cm³/mol. The third-order valence-electron chi connectivity index (χ3n) is 3.49. The van der Waals surface area contributed by atoms with E-state index >= 15 is 0 Å². The van der Waals surface area contributed by atoms with E-state index in [-0.39, 0.29) is 18.4 Å². The second-order valence-electron chi connectivity index (χ2n) is 4.79. The van der Waals surface area contributed by atoms with E-state index in [0.717, 1.165) is 36.7 Å². The fourth-order valence-corrected chi connectivity index (χ4v) is 2.28. The lowest BCUT2D eigenvalue weighted by atomic mass is 10.2. The van der Waals surface area contributed by atoms with Crippen LogP contribution in [0.15, 0.2) is 22.9 Å². The highest BCUT2D eigenvalue weighted by molar-refractivity contribution is 5.85. The van der Waals surface area contributed by atoms with Gasteiger partial charge in [-0.05, 0) is 26.1 Å². The summed E-state index contributed by atoms with van der Waals surface area (Å²) < 4.78 is 5.38. The first-order valence-electron chi connectivity index (χ1n) is 6.42. The third-order valence-corrected chi connectivity index (χ3v) is 3.49. The van der Waals surface area contributed by atoms with Gasteiger partial charge in [-0.15, -0.1) is 12.4 Å². The lowest BCUT2D eigenvalue weighted by Gasteiger charge is -2.30. The van der Waals surface area contributed by atoms with Crippen molar-refractivity contribution in [1.82, 2.24) is 25.3 Å². The molecule has 3 rings (SSSR count). The fraction of sp³-hybridized carbons (Fsp3) is 0.462. The highest BCUT2D eigenvalue weighted by Crippen LogP contribution is 2.23. The van der Waals surface area contributed by atoms with E-state index in [1.807, 2.05) is 19.1 Å². The minimum Gasteiger partial charge on any atom is -0.334 e. The summed E-state index contributed by atoms with van der Waals surface area (Å²) in [4.78, 5) is 11.0. The summed E-state index contributed by atoms with van der Waals surface area (Å²) in [6.45, 7) is 4.77. The molecule has 1 aliphatic heterocycles. The molecule has 3 heterocycles. The number of hydrogen-bond acceptors (Lipinski definition) is 6. The van der Waals surface area contributed by atoms with Gasteiger partial charge >= 0.3 is 0 Å². The predicted octanol–water partition coefficient (Wildman–Crippen LogP) is 1.44. The van der Waals surface area contributed by atoms with Crippen molar-refractivity contribution in [2.24, 2.45) is 0 Å². The molecule has 1 fully saturated rings. The Kier molecular flexibility index (Phi) is 4.69.